The first-order chi connectivity index (χ1) is 6.06. The summed E-state index contributed by atoms with van der Waals surface area (Å²) in [7, 11) is 5.51. The average molecular weight is 198 g/mol. The lowest BCUT2D eigenvalue weighted by molar-refractivity contribution is 0.416. The summed E-state index contributed by atoms with van der Waals surface area (Å²) >= 11 is 4.25. The van der Waals surface area contributed by atoms with Crippen molar-refractivity contribution in [1.29, 1.82) is 0 Å². The Hall–Kier alpha value is -1.03. The third-order valence-corrected chi connectivity index (χ3v) is 2.21. The molecule has 0 aliphatic carbocycles. The van der Waals surface area contributed by atoms with Crippen LogP contribution < -0.4 is 15.4 Å². The summed E-state index contributed by atoms with van der Waals surface area (Å²) in [5, 5.41) is 0. The lowest BCUT2D eigenvalue weighted by Crippen LogP contribution is -2.09. The molecule has 0 aromatic heterocycles. The van der Waals surface area contributed by atoms with E-state index < -0.39 is 0 Å². The maximum Gasteiger partial charge on any atom is 0.144 e. The summed E-state index contributed by atoms with van der Waals surface area (Å²) in [6, 6.07) is 3.79. The van der Waals surface area contributed by atoms with Crippen LogP contribution in [-0.4, -0.2) is 21.2 Å². The molecule has 72 valence electrons. The zero-order chi connectivity index (χ0) is 10.0. The highest BCUT2D eigenvalue weighted by Crippen LogP contribution is 2.32. The van der Waals surface area contributed by atoms with Gasteiger partial charge in [0.1, 0.15) is 5.75 Å². The largest absolute Gasteiger partial charge is 0.494 e. The summed E-state index contributed by atoms with van der Waals surface area (Å²) in [4.78, 5) is 2.71. The number of thiol groups is 1. The molecule has 0 radical (unpaired) electrons. The number of nitrogens with zero attached hydrogens (tertiary/aromatic N) is 1. The van der Waals surface area contributed by atoms with Gasteiger partial charge in [0.25, 0.3) is 0 Å². The molecule has 0 heterocycles. The van der Waals surface area contributed by atoms with E-state index in [9.17, 15) is 0 Å². The van der Waals surface area contributed by atoms with Gasteiger partial charge in [-0.15, -0.1) is 12.6 Å². The van der Waals surface area contributed by atoms with E-state index in [-0.39, 0.29) is 0 Å². The predicted molar refractivity (Wildman–Crippen MR) is 59.0 cm³/mol. The maximum atomic E-state index is 5.74. The highest BCUT2D eigenvalue weighted by Gasteiger charge is 2.06. The van der Waals surface area contributed by atoms with Crippen LogP contribution in [0, 0.1) is 0 Å². The van der Waals surface area contributed by atoms with Gasteiger partial charge in [-0.2, -0.15) is 0 Å². The van der Waals surface area contributed by atoms with E-state index in [2.05, 4.69) is 12.6 Å². The van der Waals surface area contributed by atoms with Gasteiger partial charge in [-0.25, -0.2) is 0 Å². The summed E-state index contributed by atoms with van der Waals surface area (Å²) in [6.07, 6.45) is 0. The van der Waals surface area contributed by atoms with Crippen LogP contribution in [0.5, 0.6) is 5.75 Å². The van der Waals surface area contributed by atoms with Gasteiger partial charge >= 0.3 is 0 Å². The van der Waals surface area contributed by atoms with Crippen molar-refractivity contribution in [3.8, 4) is 5.75 Å². The predicted octanol–water partition coefficient (Wildman–Crippen LogP) is 1.63. The third kappa shape index (κ3) is 2.01. The molecule has 0 fully saturated rings. The highest BCUT2D eigenvalue weighted by molar-refractivity contribution is 7.80. The fourth-order valence-corrected chi connectivity index (χ4v) is 1.27. The molecule has 13 heavy (non-hydrogen) atoms. The van der Waals surface area contributed by atoms with Gasteiger partial charge in [0.05, 0.1) is 12.8 Å². The Morgan fingerprint density at radius 2 is 2.00 bits per heavy atom. The van der Waals surface area contributed by atoms with E-state index in [1.807, 2.05) is 31.1 Å². The van der Waals surface area contributed by atoms with Gasteiger partial charge in [-0.05, 0) is 6.07 Å². The number of nitrogen functional groups attached to an aromatic ring is 1. The average Bonchev–Trinajstić information content (AvgIpc) is 2.09. The Bertz CT molecular complexity index is 313. The van der Waals surface area contributed by atoms with Gasteiger partial charge in [0, 0.05) is 30.7 Å². The number of methoxy groups -OCH3 is 1. The topological polar surface area (TPSA) is 38.5 Å². The SMILES string of the molecule is COc1cc(N(C)C)cc(S)c1N. The van der Waals surface area contributed by atoms with Crippen LogP contribution >= 0.6 is 12.6 Å². The van der Waals surface area contributed by atoms with Gasteiger partial charge in [0.2, 0.25) is 0 Å². The molecular weight excluding hydrogens is 184 g/mol. The van der Waals surface area contributed by atoms with Crippen LogP contribution in [0.1, 0.15) is 0 Å². The molecule has 1 aromatic rings. The third-order valence-electron chi connectivity index (χ3n) is 1.84. The van der Waals surface area contributed by atoms with Crippen molar-refractivity contribution in [1.82, 2.24) is 0 Å². The Morgan fingerprint density at radius 3 is 2.46 bits per heavy atom. The second-order valence-electron chi connectivity index (χ2n) is 2.98. The van der Waals surface area contributed by atoms with Crippen molar-refractivity contribution in [3.63, 3.8) is 0 Å². The van der Waals surface area contributed by atoms with Crippen LogP contribution in [0.2, 0.25) is 0 Å². The van der Waals surface area contributed by atoms with Gasteiger partial charge in [0.15, 0.2) is 0 Å². The van der Waals surface area contributed by atoms with Crippen LogP contribution in [0.4, 0.5) is 11.4 Å². The number of ether oxygens (including phenoxy) is 1. The van der Waals surface area contributed by atoms with Crippen molar-refractivity contribution in [3.05, 3.63) is 12.1 Å². The van der Waals surface area contributed by atoms with Crippen molar-refractivity contribution in [2.45, 2.75) is 4.90 Å². The van der Waals surface area contributed by atoms with Gasteiger partial charge in [-0.1, -0.05) is 0 Å². The second kappa shape index (κ2) is 3.79. The first-order valence-electron chi connectivity index (χ1n) is 3.90. The fourth-order valence-electron chi connectivity index (χ4n) is 1.02. The first-order valence-corrected chi connectivity index (χ1v) is 4.34. The molecule has 0 unspecified atom stereocenters. The van der Waals surface area contributed by atoms with Crippen molar-refractivity contribution in [2.24, 2.45) is 0 Å². The van der Waals surface area contributed by atoms with E-state index in [0.29, 0.717) is 11.4 Å². The molecule has 0 bridgehead atoms. The van der Waals surface area contributed by atoms with Crippen molar-refractivity contribution < 1.29 is 4.74 Å². The Kier molecular flexibility index (Phi) is 2.93. The monoisotopic (exact) mass is 198 g/mol. The minimum absolute atomic E-state index is 0.580. The molecular formula is C9H14N2OS. The molecule has 0 saturated heterocycles. The van der Waals surface area contributed by atoms with Gasteiger partial charge in [-0.3, -0.25) is 0 Å². The minimum atomic E-state index is 0.580. The molecule has 0 aliphatic rings. The number of benzene rings is 1. The number of hydrogen-bond donors (Lipinski definition) is 2. The molecule has 1 aromatic carbocycles. The molecule has 3 nitrogen and oxygen atoms in total. The zero-order valence-corrected chi connectivity index (χ0v) is 8.93. The fraction of sp³-hybridized carbons (Fsp3) is 0.333. The standard InChI is InChI=1S/C9H14N2OS/c1-11(2)6-4-7(12-3)9(10)8(13)5-6/h4-5,13H,10H2,1-3H3. The summed E-state index contributed by atoms with van der Waals surface area (Å²) in [6.45, 7) is 0. The second-order valence-corrected chi connectivity index (χ2v) is 3.46. The van der Waals surface area contributed by atoms with E-state index in [4.69, 9.17) is 10.5 Å². The first kappa shape index (κ1) is 10.1. The van der Waals surface area contributed by atoms with Crippen LogP contribution in [-0.2, 0) is 0 Å². The lowest BCUT2D eigenvalue weighted by Gasteiger charge is -2.16. The molecule has 0 spiro atoms. The van der Waals surface area contributed by atoms with Crippen molar-refractivity contribution in [2.75, 3.05) is 31.8 Å². The molecule has 2 N–H and O–H groups in total. The Balaban J connectivity index is 3.22. The smallest absolute Gasteiger partial charge is 0.144 e. The zero-order valence-electron chi connectivity index (χ0n) is 8.03. The van der Waals surface area contributed by atoms with E-state index >= 15 is 0 Å². The molecule has 0 atom stereocenters. The maximum absolute atomic E-state index is 5.74. The summed E-state index contributed by atoms with van der Waals surface area (Å²) < 4.78 is 5.12. The van der Waals surface area contributed by atoms with Crippen LogP contribution in [0.15, 0.2) is 17.0 Å². The van der Waals surface area contributed by atoms with Gasteiger partial charge < -0.3 is 15.4 Å². The number of nitrogens with two attached hydrogens (primary N) is 1. The molecule has 0 saturated carbocycles. The summed E-state index contributed by atoms with van der Waals surface area (Å²) in [5.74, 6) is 0.663. The molecule has 0 amide bonds. The van der Waals surface area contributed by atoms with E-state index in [1.165, 1.54) is 0 Å². The van der Waals surface area contributed by atoms with Crippen LogP contribution in [0.25, 0.3) is 0 Å². The van der Waals surface area contributed by atoms with E-state index in [1.54, 1.807) is 7.11 Å². The Morgan fingerprint density at radius 1 is 1.38 bits per heavy atom. The van der Waals surface area contributed by atoms with Crippen LogP contribution in [0.3, 0.4) is 0 Å². The van der Waals surface area contributed by atoms with E-state index in [0.717, 1.165) is 10.6 Å². The number of anilines is 2. The highest BCUT2D eigenvalue weighted by atomic mass is 32.1. The quantitative estimate of drug-likeness (QED) is 0.560. The number of hydrogen-bond acceptors (Lipinski definition) is 4. The molecule has 1 rings (SSSR count). The molecule has 0 aliphatic heterocycles. The van der Waals surface area contributed by atoms with Crippen molar-refractivity contribution >= 4 is 24.0 Å². The normalized spacial score (nSPS) is 9.85. The Labute approximate surface area is 83.9 Å². The molecule has 4 heteroatoms. The minimum Gasteiger partial charge on any atom is -0.494 e. The number of rotatable bonds is 2. The summed E-state index contributed by atoms with van der Waals surface area (Å²) in [5.41, 5.74) is 7.35. The lowest BCUT2D eigenvalue weighted by atomic mass is 10.2.